The molecule has 1 aliphatic rings. The molecule has 0 unspecified atom stereocenters. The van der Waals surface area contributed by atoms with E-state index in [1.165, 1.54) is 25.7 Å². The van der Waals surface area contributed by atoms with Crippen LogP contribution in [0.15, 0.2) is 10.9 Å². The van der Waals surface area contributed by atoms with Crippen LogP contribution in [0.25, 0.3) is 0 Å². The molecular weight excluding hydrogens is 280 g/mol. The first-order valence-corrected chi connectivity index (χ1v) is 7.30. The number of hydrogen-bond donors (Lipinski definition) is 0. The van der Waals surface area contributed by atoms with Gasteiger partial charge in [0.2, 0.25) is 0 Å². The van der Waals surface area contributed by atoms with Gasteiger partial charge in [0.1, 0.15) is 0 Å². The van der Waals surface area contributed by atoms with Gasteiger partial charge in [-0.25, -0.2) is 4.79 Å². The Morgan fingerprint density at radius 1 is 1.41 bits per heavy atom. The van der Waals surface area contributed by atoms with Crippen LogP contribution in [-0.2, 0) is 6.54 Å². The predicted molar refractivity (Wildman–Crippen MR) is 72.7 cm³/mol. The van der Waals surface area contributed by atoms with Crippen LogP contribution < -0.4 is 5.69 Å². The number of hydrogen-bond acceptors (Lipinski definition) is 2. The van der Waals surface area contributed by atoms with Crippen LogP contribution in [0.2, 0.25) is 0 Å². The highest BCUT2D eigenvalue weighted by Gasteiger charge is 2.33. The van der Waals surface area contributed by atoms with Crippen LogP contribution >= 0.6 is 15.9 Å². The average Bonchev–Trinajstić information content (AvgIpc) is 2.73. The molecule has 4 heteroatoms. The fourth-order valence-electron chi connectivity index (χ4n) is 2.76. The lowest BCUT2D eigenvalue weighted by molar-refractivity contribution is 0.283. The molecule has 1 aliphatic carbocycles. The van der Waals surface area contributed by atoms with Gasteiger partial charge in [-0.05, 0) is 38.2 Å². The summed E-state index contributed by atoms with van der Waals surface area (Å²) in [5.74, 6) is 0. The second-order valence-electron chi connectivity index (χ2n) is 5.25. The lowest BCUT2D eigenvalue weighted by Gasteiger charge is -2.28. The summed E-state index contributed by atoms with van der Waals surface area (Å²) < 4.78 is 1.83. The van der Waals surface area contributed by atoms with Crippen LogP contribution in [0.3, 0.4) is 0 Å². The molecule has 1 aromatic heterocycles. The molecule has 94 valence electrons. The first kappa shape index (κ1) is 12.8. The van der Waals surface area contributed by atoms with Crippen molar-refractivity contribution in [3.63, 3.8) is 0 Å². The molecule has 0 saturated heterocycles. The summed E-state index contributed by atoms with van der Waals surface area (Å²) in [6.07, 6.45) is 4.97. The van der Waals surface area contributed by atoms with Gasteiger partial charge >= 0.3 is 5.69 Å². The molecule has 2 rings (SSSR count). The minimum atomic E-state index is -0.102. The van der Waals surface area contributed by atoms with Crippen molar-refractivity contribution in [2.45, 2.75) is 46.1 Å². The zero-order valence-electron chi connectivity index (χ0n) is 10.5. The number of nitrogens with zero attached hydrogens (tertiary/aromatic N) is 2. The number of halogens is 1. The maximum absolute atomic E-state index is 11.9. The molecule has 0 aliphatic heterocycles. The van der Waals surface area contributed by atoms with Gasteiger partial charge in [0.05, 0.1) is 0 Å². The lowest BCUT2D eigenvalue weighted by atomic mass is 9.88. The van der Waals surface area contributed by atoms with Gasteiger partial charge in [0.15, 0.2) is 0 Å². The summed E-state index contributed by atoms with van der Waals surface area (Å²) in [6, 6.07) is 1.98. The standard InChI is InChI=1S/C13H19BrN2O/c1-10-7-11(2)16(12(17)15-10)9-13(8-14)5-3-4-6-13/h7H,3-6,8-9H2,1-2H3. The molecule has 3 nitrogen and oxygen atoms in total. The summed E-state index contributed by atoms with van der Waals surface area (Å²) in [4.78, 5) is 16.0. The largest absolute Gasteiger partial charge is 0.347 e. The van der Waals surface area contributed by atoms with E-state index in [1.807, 2.05) is 24.5 Å². The Morgan fingerprint density at radius 3 is 2.59 bits per heavy atom. The Morgan fingerprint density at radius 2 is 2.06 bits per heavy atom. The van der Waals surface area contributed by atoms with Gasteiger partial charge < -0.3 is 0 Å². The highest BCUT2D eigenvalue weighted by molar-refractivity contribution is 9.09. The van der Waals surface area contributed by atoms with E-state index < -0.39 is 0 Å². The third kappa shape index (κ3) is 2.62. The molecule has 0 spiro atoms. The molecule has 1 heterocycles. The van der Waals surface area contributed by atoms with Gasteiger partial charge in [-0.2, -0.15) is 4.98 Å². The zero-order chi connectivity index (χ0) is 12.5. The maximum atomic E-state index is 11.9. The smallest absolute Gasteiger partial charge is 0.296 e. The predicted octanol–water partition coefficient (Wildman–Crippen LogP) is 2.82. The number of rotatable bonds is 3. The summed E-state index contributed by atoms with van der Waals surface area (Å²) in [5, 5.41) is 0.972. The third-order valence-corrected chi connectivity index (χ3v) is 4.98. The lowest BCUT2D eigenvalue weighted by Crippen LogP contribution is -2.34. The van der Waals surface area contributed by atoms with E-state index in [9.17, 15) is 4.79 Å². The van der Waals surface area contributed by atoms with Gasteiger partial charge in [-0.3, -0.25) is 4.57 Å². The topological polar surface area (TPSA) is 34.9 Å². The Balaban J connectivity index is 2.32. The second-order valence-corrected chi connectivity index (χ2v) is 5.81. The van der Waals surface area contributed by atoms with E-state index in [-0.39, 0.29) is 11.1 Å². The number of aromatic nitrogens is 2. The summed E-state index contributed by atoms with van der Waals surface area (Å²) >= 11 is 3.62. The SMILES string of the molecule is Cc1cc(C)n(CC2(CBr)CCCC2)c(=O)n1. The van der Waals surface area contributed by atoms with E-state index in [0.29, 0.717) is 0 Å². The third-order valence-electron chi connectivity index (χ3n) is 3.79. The van der Waals surface area contributed by atoms with E-state index in [2.05, 4.69) is 20.9 Å². The minimum absolute atomic E-state index is 0.102. The van der Waals surface area contributed by atoms with Crippen molar-refractivity contribution >= 4 is 15.9 Å². The van der Waals surface area contributed by atoms with Crippen LogP contribution in [0.4, 0.5) is 0 Å². The molecule has 0 amide bonds. The Hall–Kier alpha value is -0.640. The molecule has 1 fully saturated rings. The zero-order valence-corrected chi connectivity index (χ0v) is 12.1. The highest BCUT2D eigenvalue weighted by atomic mass is 79.9. The molecule has 0 N–H and O–H groups in total. The quantitative estimate of drug-likeness (QED) is 0.804. The molecule has 1 saturated carbocycles. The normalized spacial score (nSPS) is 18.5. The fourth-order valence-corrected chi connectivity index (χ4v) is 3.50. The van der Waals surface area contributed by atoms with E-state index in [0.717, 1.165) is 23.3 Å². The Labute approximate surface area is 110 Å². The monoisotopic (exact) mass is 298 g/mol. The van der Waals surface area contributed by atoms with E-state index in [4.69, 9.17) is 0 Å². The molecule has 1 aromatic rings. The van der Waals surface area contributed by atoms with Crippen LogP contribution in [-0.4, -0.2) is 14.9 Å². The summed E-state index contributed by atoms with van der Waals surface area (Å²) in [6.45, 7) is 4.66. The van der Waals surface area contributed by atoms with Gasteiger partial charge in [0, 0.05) is 23.3 Å². The highest BCUT2D eigenvalue weighted by Crippen LogP contribution is 2.40. The Bertz CT molecular complexity index is 461. The molecule has 0 bridgehead atoms. The summed E-state index contributed by atoms with van der Waals surface area (Å²) in [5.41, 5.74) is 1.98. The molecule has 0 aromatic carbocycles. The average molecular weight is 299 g/mol. The molecular formula is C13H19BrN2O. The Kier molecular flexibility index (Phi) is 3.71. The van der Waals surface area contributed by atoms with Crippen molar-refractivity contribution < 1.29 is 0 Å². The van der Waals surface area contributed by atoms with Crippen molar-refractivity contribution in [3.8, 4) is 0 Å². The first-order chi connectivity index (χ1) is 8.06. The van der Waals surface area contributed by atoms with Crippen molar-refractivity contribution in [1.82, 2.24) is 9.55 Å². The van der Waals surface area contributed by atoms with Gasteiger partial charge in [-0.15, -0.1) is 0 Å². The molecule has 17 heavy (non-hydrogen) atoms. The van der Waals surface area contributed by atoms with Crippen molar-refractivity contribution in [2.75, 3.05) is 5.33 Å². The number of alkyl halides is 1. The van der Waals surface area contributed by atoms with Gasteiger partial charge in [-0.1, -0.05) is 28.8 Å². The van der Waals surface area contributed by atoms with Crippen molar-refractivity contribution in [1.29, 1.82) is 0 Å². The van der Waals surface area contributed by atoms with Crippen LogP contribution in [0, 0.1) is 19.3 Å². The van der Waals surface area contributed by atoms with Crippen LogP contribution in [0.5, 0.6) is 0 Å². The maximum Gasteiger partial charge on any atom is 0.347 e. The number of aryl methyl sites for hydroxylation is 2. The van der Waals surface area contributed by atoms with Crippen molar-refractivity contribution in [3.05, 3.63) is 27.9 Å². The fraction of sp³-hybridized carbons (Fsp3) is 0.692. The first-order valence-electron chi connectivity index (χ1n) is 6.17. The van der Waals surface area contributed by atoms with Crippen LogP contribution in [0.1, 0.15) is 37.1 Å². The van der Waals surface area contributed by atoms with E-state index >= 15 is 0 Å². The molecule has 0 atom stereocenters. The minimum Gasteiger partial charge on any atom is -0.296 e. The van der Waals surface area contributed by atoms with Crippen molar-refractivity contribution in [2.24, 2.45) is 5.41 Å². The molecule has 0 radical (unpaired) electrons. The second kappa shape index (κ2) is 4.92. The van der Waals surface area contributed by atoms with E-state index in [1.54, 1.807) is 0 Å². The summed E-state index contributed by atoms with van der Waals surface area (Å²) in [7, 11) is 0. The van der Waals surface area contributed by atoms with Gasteiger partial charge in [0.25, 0.3) is 0 Å².